The van der Waals surface area contributed by atoms with E-state index in [0.717, 1.165) is 31.3 Å². The third-order valence-electron chi connectivity index (χ3n) is 2.84. The first-order valence-electron chi connectivity index (χ1n) is 6.49. The van der Waals surface area contributed by atoms with E-state index in [4.69, 9.17) is 0 Å². The van der Waals surface area contributed by atoms with Gasteiger partial charge >= 0.3 is 0 Å². The molecule has 0 saturated heterocycles. The van der Waals surface area contributed by atoms with Crippen LogP contribution in [-0.4, -0.2) is 24.9 Å². The molecule has 22 heavy (non-hydrogen) atoms. The summed E-state index contributed by atoms with van der Waals surface area (Å²) in [5.74, 6) is 0.753. The van der Waals surface area contributed by atoms with Crippen LogP contribution in [0.2, 0.25) is 0 Å². The second kappa shape index (κ2) is 5.74. The van der Waals surface area contributed by atoms with Crippen molar-refractivity contribution in [1.82, 2.24) is 24.9 Å². The molecule has 0 radical (unpaired) electrons. The van der Waals surface area contributed by atoms with Gasteiger partial charge in [0.05, 0.1) is 4.90 Å². The maximum absolute atomic E-state index is 4.52. The highest BCUT2D eigenvalue weighted by atomic mass is 32.2. The molecular weight excluding hydrogens is 316 g/mol. The normalized spacial score (nSPS) is 10.9. The van der Waals surface area contributed by atoms with Gasteiger partial charge in [0.2, 0.25) is 0 Å². The molecule has 4 rings (SSSR count). The van der Waals surface area contributed by atoms with Crippen LogP contribution in [0.1, 0.15) is 0 Å². The van der Waals surface area contributed by atoms with Crippen LogP contribution in [0, 0.1) is 0 Å². The number of hydrogen-bond donors (Lipinski definition) is 2. The van der Waals surface area contributed by atoms with Crippen molar-refractivity contribution in [3.63, 3.8) is 0 Å². The Morgan fingerprint density at radius 3 is 2.82 bits per heavy atom. The number of nitrogens with one attached hydrogen (secondary N) is 2. The van der Waals surface area contributed by atoms with Crippen molar-refractivity contribution in [2.45, 2.75) is 10.1 Å². The summed E-state index contributed by atoms with van der Waals surface area (Å²) < 4.78 is 0. The zero-order valence-electron chi connectivity index (χ0n) is 11.2. The van der Waals surface area contributed by atoms with Crippen LogP contribution in [0.15, 0.2) is 59.1 Å². The second-order valence-electron chi connectivity index (χ2n) is 4.32. The molecule has 0 bridgehead atoms. The third-order valence-corrected chi connectivity index (χ3v) is 4.70. The van der Waals surface area contributed by atoms with E-state index in [0.29, 0.717) is 0 Å². The fourth-order valence-electron chi connectivity index (χ4n) is 1.90. The Kier molecular flexibility index (Phi) is 3.45. The molecule has 0 aliphatic heterocycles. The Labute approximate surface area is 134 Å². The zero-order valence-corrected chi connectivity index (χ0v) is 12.9. The first-order valence-corrected chi connectivity index (χ1v) is 8.12. The molecule has 4 aromatic heterocycles. The molecule has 0 aliphatic rings. The topological polar surface area (TPSA) is 79.4 Å². The van der Waals surface area contributed by atoms with Gasteiger partial charge in [0.25, 0.3) is 0 Å². The average Bonchev–Trinajstić information content (AvgIpc) is 3.18. The lowest BCUT2D eigenvalue weighted by Gasteiger charge is -2.06. The molecule has 0 spiro atoms. The molecule has 108 valence electrons. The predicted molar refractivity (Wildman–Crippen MR) is 87.6 cm³/mol. The number of anilines is 2. The molecule has 4 heterocycles. The third kappa shape index (κ3) is 2.66. The van der Waals surface area contributed by atoms with E-state index in [2.05, 4.69) is 30.2 Å². The lowest BCUT2D eigenvalue weighted by atomic mass is 10.4. The molecule has 0 unspecified atom stereocenters. The van der Waals surface area contributed by atoms with Gasteiger partial charge in [0, 0.05) is 24.8 Å². The summed E-state index contributed by atoms with van der Waals surface area (Å²) >= 11 is 3.02. The van der Waals surface area contributed by atoms with Crippen LogP contribution in [-0.2, 0) is 0 Å². The minimum Gasteiger partial charge on any atom is -0.339 e. The van der Waals surface area contributed by atoms with Gasteiger partial charge in [0.15, 0.2) is 10.3 Å². The van der Waals surface area contributed by atoms with E-state index in [9.17, 15) is 0 Å². The number of aromatic nitrogens is 5. The van der Waals surface area contributed by atoms with E-state index < -0.39 is 0 Å². The van der Waals surface area contributed by atoms with Crippen molar-refractivity contribution in [3.8, 4) is 0 Å². The number of nitrogens with zero attached hydrogens (tertiary/aromatic N) is 4. The fourth-order valence-corrected chi connectivity index (χ4v) is 3.50. The number of imidazole rings is 1. The molecule has 6 nitrogen and oxygen atoms in total. The number of H-pyrrole nitrogens is 1. The maximum atomic E-state index is 4.52. The lowest BCUT2D eigenvalue weighted by Crippen LogP contribution is -1.94. The van der Waals surface area contributed by atoms with Gasteiger partial charge in [-0.1, -0.05) is 11.3 Å². The summed E-state index contributed by atoms with van der Waals surface area (Å²) in [5, 5.41) is 4.86. The second-order valence-corrected chi connectivity index (χ2v) is 6.33. The SMILES string of the molecule is c1cnc(Nc2nc3cccnc3s2)c(Sc2ncc[nH]2)c1. The van der Waals surface area contributed by atoms with Gasteiger partial charge in [-0.15, -0.1) is 0 Å². The van der Waals surface area contributed by atoms with Crippen LogP contribution in [0.3, 0.4) is 0 Å². The summed E-state index contributed by atoms with van der Waals surface area (Å²) in [7, 11) is 0. The first-order chi connectivity index (χ1) is 10.9. The minimum absolute atomic E-state index is 0.753. The highest BCUT2D eigenvalue weighted by Crippen LogP contribution is 2.33. The van der Waals surface area contributed by atoms with Crippen molar-refractivity contribution < 1.29 is 0 Å². The highest BCUT2D eigenvalue weighted by molar-refractivity contribution is 7.99. The molecule has 0 aliphatic carbocycles. The Balaban J connectivity index is 1.64. The van der Waals surface area contributed by atoms with Gasteiger partial charge in [-0.05, 0) is 36.0 Å². The molecule has 0 amide bonds. The van der Waals surface area contributed by atoms with Gasteiger partial charge in [-0.3, -0.25) is 0 Å². The van der Waals surface area contributed by atoms with Gasteiger partial charge in [-0.25, -0.2) is 19.9 Å². The van der Waals surface area contributed by atoms with Gasteiger partial charge in [-0.2, -0.15) is 0 Å². The number of thiazole rings is 1. The van der Waals surface area contributed by atoms with Crippen LogP contribution < -0.4 is 5.32 Å². The molecule has 0 fully saturated rings. The van der Waals surface area contributed by atoms with Crippen LogP contribution in [0.5, 0.6) is 0 Å². The van der Waals surface area contributed by atoms with E-state index in [-0.39, 0.29) is 0 Å². The molecule has 2 N–H and O–H groups in total. The monoisotopic (exact) mass is 326 g/mol. The van der Waals surface area contributed by atoms with Crippen LogP contribution in [0.25, 0.3) is 10.3 Å². The fraction of sp³-hybridized carbons (Fsp3) is 0. The summed E-state index contributed by atoms with van der Waals surface area (Å²) in [6.07, 6.45) is 7.04. The summed E-state index contributed by atoms with van der Waals surface area (Å²) in [4.78, 5) is 22.4. The number of fused-ring (bicyclic) bond motifs is 1. The number of hydrogen-bond acceptors (Lipinski definition) is 7. The predicted octanol–water partition coefficient (Wildman–Crippen LogP) is 3.70. The van der Waals surface area contributed by atoms with E-state index in [1.54, 1.807) is 24.8 Å². The molecule has 4 aromatic rings. The molecular formula is C14H10N6S2. The molecule has 0 aromatic carbocycles. The number of rotatable bonds is 4. The van der Waals surface area contributed by atoms with Crippen molar-refractivity contribution in [1.29, 1.82) is 0 Å². The smallest absolute Gasteiger partial charge is 0.190 e. The first kappa shape index (κ1) is 13.2. The molecule has 8 heteroatoms. The van der Waals surface area contributed by atoms with Crippen molar-refractivity contribution in [2.24, 2.45) is 0 Å². The largest absolute Gasteiger partial charge is 0.339 e. The summed E-state index contributed by atoms with van der Waals surface area (Å²) in [6, 6.07) is 7.72. The Bertz CT molecular complexity index is 870. The highest BCUT2D eigenvalue weighted by Gasteiger charge is 2.10. The quantitative estimate of drug-likeness (QED) is 0.595. The maximum Gasteiger partial charge on any atom is 0.190 e. The summed E-state index contributed by atoms with van der Waals surface area (Å²) in [6.45, 7) is 0. The van der Waals surface area contributed by atoms with E-state index >= 15 is 0 Å². The van der Waals surface area contributed by atoms with Crippen LogP contribution in [0.4, 0.5) is 10.9 Å². The van der Waals surface area contributed by atoms with Gasteiger partial charge in [0.1, 0.15) is 16.2 Å². The van der Waals surface area contributed by atoms with E-state index in [1.165, 1.54) is 23.1 Å². The summed E-state index contributed by atoms with van der Waals surface area (Å²) in [5.41, 5.74) is 0.881. The minimum atomic E-state index is 0.753. The molecule has 0 saturated carbocycles. The van der Waals surface area contributed by atoms with Crippen molar-refractivity contribution >= 4 is 44.4 Å². The average molecular weight is 326 g/mol. The van der Waals surface area contributed by atoms with Crippen LogP contribution >= 0.6 is 23.1 Å². The zero-order chi connectivity index (χ0) is 14.8. The van der Waals surface area contributed by atoms with Crippen molar-refractivity contribution in [2.75, 3.05) is 5.32 Å². The Morgan fingerprint density at radius 1 is 1.05 bits per heavy atom. The molecule has 0 atom stereocenters. The Hall–Kier alpha value is -2.45. The number of aromatic amines is 1. The van der Waals surface area contributed by atoms with Crippen molar-refractivity contribution in [3.05, 3.63) is 49.1 Å². The Morgan fingerprint density at radius 2 is 1.95 bits per heavy atom. The van der Waals surface area contributed by atoms with Gasteiger partial charge < -0.3 is 10.3 Å². The lowest BCUT2D eigenvalue weighted by molar-refractivity contribution is 1.06. The van der Waals surface area contributed by atoms with E-state index in [1.807, 2.05) is 24.3 Å². The number of pyridine rings is 2. The standard InChI is InChI=1S/C14H10N6S2/c1-3-9-12(16-6-1)22-14(19-9)20-11-10(4-2-5-15-11)21-13-17-7-8-18-13/h1-8H,(H,17,18)(H,15,19,20).